The topological polar surface area (TPSA) is 147 Å². The van der Waals surface area contributed by atoms with Gasteiger partial charge in [0, 0.05) is 43.2 Å². The predicted molar refractivity (Wildman–Crippen MR) is 166 cm³/mol. The molecule has 0 bridgehead atoms. The number of carbonyl (C=O) groups excluding carboxylic acids is 1. The fraction of sp³-hybridized carbons (Fsp3) is 0.125. The Bertz CT molecular complexity index is 1930. The van der Waals surface area contributed by atoms with E-state index in [0.29, 0.717) is 28.7 Å². The summed E-state index contributed by atoms with van der Waals surface area (Å²) in [5, 5.41) is 4.37. The molecule has 2 aromatic carbocycles. The van der Waals surface area contributed by atoms with Gasteiger partial charge in [-0.05, 0) is 42.8 Å². The van der Waals surface area contributed by atoms with E-state index in [1.165, 1.54) is 17.0 Å². The lowest BCUT2D eigenvalue weighted by Crippen LogP contribution is -2.24. The average molecular weight is 559 g/mol. The van der Waals surface area contributed by atoms with Crippen molar-refractivity contribution in [3.63, 3.8) is 0 Å². The number of aryl methyl sites for hydroxylation is 3. The fourth-order valence-electron chi connectivity index (χ4n) is 4.23. The zero-order valence-corrected chi connectivity index (χ0v) is 23.6. The number of nitrogens with zero attached hydrogens (tertiary/aromatic N) is 6. The van der Waals surface area contributed by atoms with Gasteiger partial charge in [0.25, 0.3) is 11.5 Å². The van der Waals surface area contributed by atoms with Crippen LogP contribution >= 0.6 is 0 Å². The summed E-state index contributed by atoms with van der Waals surface area (Å²) in [6.07, 6.45) is 7.05. The third kappa shape index (κ3) is 6.16. The van der Waals surface area contributed by atoms with Crippen LogP contribution < -0.4 is 17.0 Å². The van der Waals surface area contributed by atoms with Crippen LogP contribution in [0.5, 0.6) is 0 Å². The lowest BCUT2D eigenvalue weighted by Gasteiger charge is -2.13. The molecule has 10 heteroatoms. The number of nitrogens with two attached hydrogens (primary N) is 2. The van der Waals surface area contributed by atoms with E-state index in [-0.39, 0.29) is 16.9 Å². The van der Waals surface area contributed by atoms with Crippen LogP contribution in [0.2, 0.25) is 0 Å². The van der Waals surface area contributed by atoms with E-state index in [4.69, 9.17) is 16.5 Å². The van der Waals surface area contributed by atoms with Crippen LogP contribution in [0.1, 0.15) is 39.8 Å². The van der Waals surface area contributed by atoms with Gasteiger partial charge in [-0.25, -0.2) is 14.7 Å². The third-order valence-corrected chi connectivity index (χ3v) is 6.26. The molecule has 5 rings (SSSR count). The first-order chi connectivity index (χ1) is 20.3. The Labute approximate surface area is 243 Å². The van der Waals surface area contributed by atoms with Crippen molar-refractivity contribution in [2.75, 3.05) is 5.73 Å². The first-order valence-corrected chi connectivity index (χ1v) is 13.1. The number of aliphatic imine (C=N–C) groups is 1. The number of anilines is 1. The molecule has 5 aromatic rings. The van der Waals surface area contributed by atoms with E-state index < -0.39 is 5.91 Å². The standard InChI is InChI=1S/C24H19N3O.C8H11N5O/c1-3-22-26-21-11-7-8-18(12-13-19-16-25-15-14-17(19)2)23(21)24(28)27(22)20-9-5-4-6-10-20;1-3-4-11-8-5(7(10)14)6(9)12-13(8)2/h4-11,14-16H,3H2,1-2H3;3-4H,1H2,2H3,(H2,9,12)(H2,10,14)/b;11-4-. The third-order valence-electron chi connectivity index (χ3n) is 6.26. The highest BCUT2D eigenvalue weighted by atomic mass is 16.1. The second-order valence-corrected chi connectivity index (χ2v) is 9.08. The van der Waals surface area contributed by atoms with Crippen LogP contribution in [0, 0.1) is 18.8 Å². The molecular weight excluding hydrogens is 528 g/mol. The van der Waals surface area contributed by atoms with Gasteiger partial charge in [-0.15, -0.1) is 0 Å². The van der Waals surface area contributed by atoms with Crippen molar-refractivity contribution >= 4 is 34.7 Å². The Balaban J connectivity index is 0.000000244. The molecule has 0 aliphatic carbocycles. The lowest BCUT2D eigenvalue weighted by molar-refractivity contribution is 0.100. The van der Waals surface area contributed by atoms with Crippen molar-refractivity contribution in [2.45, 2.75) is 20.3 Å². The Hall–Kier alpha value is -5.82. The highest BCUT2D eigenvalue weighted by molar-refractivity contribution is 6.02. The predicted octanol–water partition coefficient (Wildman–Crippen LogP) is 4.04. The molecule has 1 amide bonds. The molecule has 0 saturated heterocycles. The minimum Gasteiger partial charge on any atom is -0.381 e. The molecular formula is C32H30N8O2. The van der Waals surface area contributed by atoms with Gasteiger partial charge < -0.3 is 11.5 Å². The first kappa shape index (κ1) is 29.2. The number of hydrogen-bond acceptors (Lipinski definition) is 7. The maximum Gasteiger partial charge on any atom is 0.267 e. The van der Waals surface area contributed by atoms with Crippen LogP contribution in [0.4, 0.5) is 11.6 Å². The number of primary amides is 1. The largest absolute Gasteiger partial charge is 0.381 e. The first-order valence-electron chi connectivity index (χ1n) is 13.1. The number of para-hydroxylation sites is 1. The summed E-state index contributed by atoms with van der Waals surface area (Å²) in [7, 11) is 1.62. The van der Waals surface area contributed by atoms with Gasteiger partial charge in [-0.3, -0.25) is 19.1 Å². The van der Waals surface area contributed by atoms with Crippen LogP contribution in [0.15, 0.2) is 89.4 Å². The molecule has 0 fully saturated rings. The summed E-state index contributed by atoms with van der Waals surface area (Å²) >= 11 is 0. The average Bonchev–Trinajstić information content (AvgIpc) is 3.28. The number of allylic oxidation sites excluding steroid dienone is 1. The molecule has 210 valence electrons. The second kappa shape index (κ2) is 13.0. The highest BCUT2D eigenvalue weighted by Crippen LogP contribution is 2.23. The van der Waals surface area contributed by atoms with E-state index in [9.17, 15) is 9.59 Å². The number of rotatable bonds is 5. The van der Waals surface area contributed by atoms with E-state index in [1.54, 1.807) is 24.0 Å². The molecule has 0 saturated carbocycles. The summed E-state index contributed by atoms with van der Waals surface area (Å²) in [6, 6.07) is 17.2. The number of hydrogen-bond donors (Lipinski definition) is 2. The number of aromatic nitrogens is 5. The Morgan fingerprint density at radius 3 is 2.50 bits per heavy atom. The quantitative estimate of drug-likeness (QED) is 0.246. The summed E-state index contributed by atoms with van der Waals surface area (Å²) in [4.78, 5) is 37.3. The molecule has 0 aliphatic rings. The Morgan fingerprint density at radius 1 is 1.10 bits per heavy atom. The zero-order valence-electron chi connectivity index (χ0n) is 23.6. The number of pyridine rings is 1. The highest BCUT2D eigenvalue weighted by Gasteiger charge is 2.17. The second-order valence-electron chi connectivity index (χ2n) is 9.08. The van der Waals surface area contributed by atoms with Gasteiger partial charge >= 0.3 is 0 Å². The van der Waals surface area contributed by atoms with Crippen molar-refractivity contribution in [3.05, 3.63) is 118 Å². The molecule has 3 aromatic heterocycles. The fourth-order valence-corrected chi connectivity index (χ4v) is 4.23. The monoisotopic (exact) mass is 558 g/mol. The summed E-state index contributed by atoms with van der Waals surface area (Å²) in [6.45, 7) is 7.45. The van der Waals surface area contributed by atoms with Gasteiger partial charge in [-0.2, -0.15) is 5.10 Å². The van der Waals surface area contributed by atoms with Gasteiger partial charge in [0.15, 0.2) is 11.6 Å². The van der Waals surface area contributed by atoms with E-state index >= 15 is 0 Å². The zero-order chi connectivity index (χ0) is 30.2. The molecule has 0 atom stereocenters. The molecule has 0 spiro atoms. The van der Waals surface area contributed by atoms with Crippen LogP contribution in [0.3, 0.4) is 0 Å². The van der Waals surface area contributed by atoms with Crippen LogP contribution in [-0.2, 0) is 13.5 Å². The maximum atomic E-state index is 13.5. The molecule has 0 unspecified atom stereocenters. The molecule has 4 N–H and O–H groups in total. The molecule has 0 radical (unpaired) electrons. The van der Waals surface area contributed by atoms with Crippen LogP contribution in [-0.4, -0.2) is 36.4 Å². The Morgan fingerprint density at radius 2 is 1.83 bits per heavy atom. The molecule has 3 heterocycles. The van der Waals surface area contributed by atoms with Gasteiger partial charge in [0.05, 0.1) is 16.6 Å². The van der Waals surface area contributed by atoms with Crippen molar-refractivity contribution in [1.82, 2.24) is 24.3 Å². The number of nitrogen functional groups attached to an aromatic ring is 1. The van der Waals surface area contributed by atoms with E-state index in [0.717, 1.165) is 22.6 Å². The van der Waals surface area contributed by atoms with Crippen molar-refractivity contribution < 1.29 is 4.79 Å². The number of carbonyl (C=O) groups is 1. The van der Waals surface area contributed by atoms with Gasteiger partial charge in [-0.1, -0.05) is 55.7 Å². The van der Waals surface area contributed by atoms with Crippen molar-refractivity contribution in [3.8, 4) is 17.5 Å². The lowest BCUT2D eigenvalue weighted by atomic mass is 10.1. The van der Waals surface area contributed by atoms with Gasteiger partial charge in [0.2, 0.25) is 0 Å². The van der Waals surface area contributed by atoms with Crippen LogP contribution in [0.25, 0.3) is 16.6 Å². The summed E-state index contributed by atoms with van der Waals surface area (Å²) in [5.74, 6) is 6.80. The normalized spacial score (nSPS) is 10.5. The summed E-state index contributed by atoms with van der Waals surface area (Å²) in [5.41, 5.74) is 14.7. The number of amides is 1. The van der Waals surface area contributed by atoms with Crippen molar-refractivity contribution in [1.29, 1.82) is 0 Å². The molecule has 42 heavy (non-hydrogen) atoms. The van der Waals surface area contributed by atoms with Crippen molar-refractivity contribution in [2.24, 2.45) is 17.8 Å². The molecule has 0 aliphatic heterocycles. The maximum absolute atomic E-state index is 13.5. The smallest absolute Gasteiger partial charge is 0.267 e. The number of benzene rings is 2. The minimum absolute atomic E-state index is 0.0798. The Kier molecular flexibility index (Phi) is 9.04. The number of fused-ring (bicyclic) bond motifs is 1. The molecule has 10 nitrogen and oxygen atoms in total. The SMILES string of the molecule is C=C/C=N\c1c(C(N)=O)c(N)nn1C.CCc1nc2cccc(C#Cc3cnccc3C)c2c(=O)n1-c1ccccc1. The van der Waals surface area contributed by atoms with E-state index in [2.05, 4.69) is 33.5 Å². The van der Waals surface area contributed by atoms with Gasteiger partial charge in [0.1, 0.15) is 11.4 Å². The summed E-state index contributed by atoms with van der Waals surface area (Å²) < 4.78 is 3.07. The van der Waals surface area contributed by atoms with E-state index in [1.807, 2.05) is 68.4 Å². The minimum atomic E-state index is -0.646.